The van der Waals surface area contributed by atoms with Crippen molar-refractivity contribution in [1.82, 2.24) is 19.2 Å². The van der Waals surface area contributed by atoms with E-state index < -0.39 is 21.0 Å². The van der Waals surface area contributed by atoms with E-state index in [0.29, 0.717) is 33.6 Å². The number of hydrogen-bond acceptors (Lipinski definition) is 7. The van der Waals surface area contributed by atoms with Gasteiger partial charge in [0.05, 0.1) is 22.7 Å². The third-order valence-electron chi connectivity index (χ3n) is 7.08. The first-order valence-electron chi connectivity index (χ1n) is 12.9. The first-order chi connectivity index (χ1) is 18.8. The van der Waals surface area contributed by atoms with Crippen LogP contribution >= 0.6 is 0 Å². The Labute approximate surface area is 231 Å². The summed E-state index contributed by atoms with van der Waals surface area (Å²) in [5, 5.41) is 17.7. The Bertz CT molecular complexity index is 1810. The van der Waals surface area contributed by atoms with Crippen molar-refractivity contribution in [3.8, 4) is 11.4 Å². The maximum absolute atomic E-state index is 13.7. The Morgan fingerprint density at radius 1 is 1.07 bits per heavy atom. The molecule has 0 fully saturated rings. The maximum atomic E-state index is 13.7. The minimum atomic E-state index is -3.21. The molecule has 2 aromatic carbocycles. The molecule has 0 atom stereocenters. The van der Waals surface area contributed by atoms with Crippen molar-refractivity contribution >= 4 is 32.8 Å². The van der Waals surface area contributed by atoms with Gasteiger partial charge in [-0.3, -0.25) is 9.59 Å². The van der Waals surface area contributed by atoms with Crippen LogP contribution in [0.5, 0.6) is 0 Å². The van der Waals surface area contributed by atoms with Crippen molar-refractivity contribution in [2.24, 2.45) is 0 Å². The van der Waals surface area contributed by atoms with Gasteiger partial charge in [0, 0.05) is 16.9 Å². The number of nitrogens with one attached hydrogen (secondary N) is 1. The molecule has 5 rings (SSSR count). The van der Waals surface area contributed by atoms with Crippen LogP contribution in [0.4, 0.5) is 5.69 Å². The number of hydrogen-bond donors (Lipinski definition) is 2. The van der Waals surface area contributed by atoms with Gasteiger partial charge < -0.3 is 15.0 Å². The van der Waals surface area contributed by atoms with Crippen molar-refractivity contribution < 1.29 is 18.3 Å². The Balaban J connectivity index is 1.62. The lowest BCUT2D eigenvalue weighted by molar-refractivity contribution is -0.116. The van der Waals surface area contributed by atoms with Gasteiger partial charge >= 0.3 is 0 Å². The Kier molecular flexibility index (Phi) is 6.97. The van der Waals surface area contributed by atoms with E-state index in [2.05, 4.69) is 15.4 Å². The number of aliphatic hydroxyl groups is 1. The van der Waals surface area contributed by atoms with Crippen molar-refractivity contribution in [2.75, 3.05) is 16.8 Å². The number of fused-ring (bicyclic) bond motifs is 1. The smallest absolute Gasteiger partial charge is 0.283 e. The zero-order valence-electron chi connectivity index (χ0n) is 22.8. The topological polar surface area (TPSA) is 136 Å². The molecule has 0 spiro atoms. The summed E-state index contributed by atoms with van der Waals surface area (Å²) in [6.45, 7) is 6.92. The largest absolute Gasteiger partial charge is 0.386 e. The van der Waals surface area contributed by atoms with Gasteiger partial charge in [-0.05, 0) is 57.4 Å². The molecule has 4 aromatic rings. The molecule has 1 aliphatic rings. The third-order valence-corrected chi connectivity index (χ3v) is 8.58. The van der Waals surface area contributed by atoms with Gasteiger partial charge in [0.2, 0.25) is 11.7 Å². The van der Waals surface area contributed by atoms with Gasteiger partial charge in [0.1, 0.15) is 6.54 Å². The third kappa shape index (κ3) is 5.47. The standard InChI is InChI=1S/C29H31N5O5S/c1-18-5-11-23(12-6-18)30-24(35)17-33-19(2)25(20-13-15-40(38,39)16-14-20)27(36)34-28(33)31-26(32-34)21-7-9-22(10-8-21)29(3,4)37/h5-13,37H,14-17H2,1-4H3,(H,30,35). The number of anilines is 1. The summed E-state index contributed by atoms with van der Waals surface area (Å²) >= 11 is 0. The van der Waals surface area contributed by atoms with Crippen LogP contribution in [0.3, 0.4) is 0 Å². The summed E-state index contributed by atoms with van der Waals surface area (Å²) in [6, 6.07) is 14.5. The van der Waals surface area contributed by atoms with Crippen LogP contribution in [0.15, 0.2) is 59.4 Å². The molecule has 2 N–H and O–H groups in total. The van der Waals surface area contributed by atoms with Crippen LogP contribution in [0.1, 0.15) is 42.7 Å². The summed E-state index contributed by atoms with van der Waals surface area (Å²) in [7, 11) is -3.21. The van der Waals surface area contributed by atoms with E-state index in [1.54, 1.807) is 55.7 Å². The fourth-order valence-corrected chi connectivity index (χ4v) is 5.91. The Hall–Kier alpha value is -4.09. The fraction of sp³-hybridized carbons (Fsp3) is 0.310. The molecule has 1 aliphatic heterocycles. The van der Waals surface area contributed by atoms with Crippen molar-refractivity contribution in [3.05, 3.63) is 87.3 Å². The molecule has 3 heterocycles. The lowest BCUT2D eigenvalue weighted by Crippen LogP contribution is -2.30. The lowest BCUT2D eigenvalue weighted by atomic mass is 9.97. The van der Waals surface area contributed by atoms with Gasteiger partial charge in [-0.1, -0.05) is 48.0 Å². The number of sulfone groups is 1. The summed E-state index contributed by atoms with van der Waals surface area (Å²) in [6.07, 6.45) is 1.76. The highest BCUT2D eigenvalue weighted by Gasteiger charge is 2.26. The Morgan fingerprint density at radius 2 is 1.75 bits per heavy atom. The van der Waals surface area contributed by atoms with Crippen molar-refractivity contribution in [3.63, 3.8) is 0 Å². The summed E-state index contributed by atoms with van der Waals surface area (Å²) < 4.78 is 26.9. The van der Waals surface area contributed by atoms with Crippen molar-refractivity contribution in [1.29, 1.82) is 0 Å². The normalized spacial score (nSPS) is 15.2. The minimum Gasteiger partial charge on any atom is -0.386 e. The molecule has 208 valence electrons. The zero-order chi connectivity index (χ0) is 28.8. The lowest BCUT2D eigenvalue weighted by Gasteiger charge is -2.19. The van der Waals surface area contributed by atoms with Crippen LogP contribution in [-0.4, -0.2) is 50.1 Å². The second-order valence-corrected chi connectivity index (χ2v) is 12.9. The van der Waals surface area contributed by atoms with Crippen LogP contribution in [-0.2, 0) is 26.8 Å². The first-order valence-corrected chi connectivity index (χ1v) is 14.7. The van der Waals surface area contributed by atoms with Crippen LogP contribution in [0.25, 0.3) is 22.7 Å². The van der Waals surface area contributed by atoms with Gasteiger partial charge in [-0.25, -0.2) is 8.42 Å². The molecule has 40 heavy (non-hydrogen) atoms. The number of amides is 1. The van der Waals surface area contributed by atoms with E-state index in [1.807, 2.05) is 31.2 Å². The molecule has 0 bridgehead atoms. The number of aryl methyl sites for hydroxylation is 1. The van der Waals surface area contributed by atoms with Gasteiger partial charge in [-0.2, -0.15) is 9.50 Å². The summed E-state index contributed by atoms with van der Waals surface area (Å²) in [5.74, 6) is -0.0501. The molecule has 0 unspecified atom stereocenters. The number of nitrogens with zero attached hydrogens (tertiary/aromatic N) is 4. The first kappa shape index (κ1) is 27.5. The molecular weight excluding hydrogens is 530 g/mol. The minimum absolute atomic E-state index is 0.0557. The van der Waals surface area contributed by atoms with E-state index >= 15 is 0 Å². The van der Waals surface area contributed by atoms with Crippen LogP contribution in [0.2, 0.25) is 0 Å². The quantitative estimate of drug-likeness (QED) is 0.369. The molecule has 10 nitrogen and oxygen atoms in total. The number of benzene rings is 2. The second kappa shape index (κ2) is 10.1. The number of carbonyl (C=O) groups is 1. The van der Waals surface area contributed by atoms with E-state index in [9.17, 15) is 23.1 Å². The average molecular weight is 562 g/mol. The van der Waals surface area contributed by atoms with Crippen LogP contribution in [0, 0.1) is 13.8 Å². The van der Waals surface area contributed by atoms with E-state index in [-0.39, 0.29) is 42.0 Å². The highest BCUT2D eigenvalue weighted by atomic mass is 32.2. The zero-order valence-corrected chi connectivity index (χ0v) is 23.6. The highest BCUT2D eigenvalue weighted by Crippen LogP contribution is 2.27. The molecule has 0 aliphatic carbocycles. The number of rotatable bonds is 6. The summed E-state index contributed by atoms with van der Waals surface area (Å²) in [5.41, 5.74) is 3.03. The fourth-order valence-electron chi connectivity index (χ4n) is 4.76. The molecule has 0 saturated carbocycles. The predicted octanol–water partition coefficient (Wildman–Crippen LogP) is 3.24. The van der Waals surface area contributed by atoms with Crippen molar-refractivity contribution in [2.45, 2.75) is 46.3 Å². The highest BCUT2D eigenvalue weighted by molar-refractivity contribution is 7.91. The van der Waals surface area contributed by atoms with Gasteiger partial charge in [-0.15, -0.1) is 5.10 Å². The number of carbonyl (C=O) groups excluding carboxylic acids is 1. The van der Waals surface area contributed by atoms with E-state index in [4.69, 9.17) is 0 Å². The van der Waals surface area contributed by atoms with Gasteiger partial charge in [0.15, 0.2) is 15.7 Å². The number of allylic oxidation sites excluding steroid dienone is 1. The van der Waals surface area contributed by atoms with Crippen LogP contribution < -0.4 is 10.9 Å². The molecule has 1 amide bonds. The Morgan fingerprint density at radius 3 is 2.35 bits per heavy atom. The number of aromatic nitrogens is 4. The summed E-state index contributed by atoms with van der Waals surface area (Å²) in [4.78, 5) is 31.5. The maximum Gasteiger partial charge on any atom is 0.283 e. The molecule has 11 heteroatoms. The van der Waals surface area contributed by atoms with E-state index in [1.165, 1.54) is 4.52 Å². The molecule has 0 radical (unpaired) electrons. The SMILES string of the molecule is Cc1ccc(NC(=O)Cn2c(C)c(C3=CCS(=O)(=O)CC3)c(=O)n3nc(-c4ccc(C(C)(C)O)cc4)nc23)cc1. The molecule has 0 saturated heterocycles. The monoisotopic (exact) mass is 561 g/mol. The molecular formula is C29H31N5O5S. The molecule has 2 aromatic heterocycles. The van der Waals surface area contributed by atoms with Gasteiger partial charge in [0.25, 0.3) is 5.56 Å². The second-order valence-electron chi connectivity index (χ2n) is 10.6. The van der Waals surface area contributed by atoms with E-state index in [0.717, 1.165) is 5.56 Å². The predicted molar refractivity (Wildman–Crippen MR) is 154 cm³/mol. The average Bonchev–Trinajstić information content (AvgIpc) is 3.34.